The van der Waals surface area contributed by atoms with Crippen molar-refractivity contribution in [2.45, 2.75) is 25.3 Å². The van der Waals surface area contributed by atoms with Crippen LogP contribution in [0.2, 0.25) is 0 Å². The third-order valence-electron chi connectivity index (χ3n) is 2.51. The number of Topliss-reactive ketones (excluding diaryl/α,β-unsaturated/α-hetero) is 1. The number of carboxylic acid groups (broad SMARTS) is 2. The van der Waals surface area contributed by atoms with Crippen LogP contribution >= 0.6 is 0 Å². The molecule has 1 aliphatic heterocycles. The van der Waals surface area contributed by atoms with E-state index in [1.807, 2.05) is 0 Å². The molecule has 6 nitrogen and oxygen atoms in total. The van der Waals surface area contributed by atoms with Gasteiger partial charge in [0.05, 0.1) is 6.54 Å². The smallest absolute Gasteiger partial charge is 0.408 e. The van der Waals surface area contributed by atoms with E-state index in [4.69, 9.17) is 10.2 Å². The maximum Gasteiger partial charge on any atom is 0.408 e. The van der Waals surface area contributed by atoms with Crippen molar-refractivity contribution in [3.8, 4) is 0 Å². The minimum absolute atomic E-state index is 0.0352. The van der Waals surface area contributed by atoms with Crippen LogP contribution in [0.3, 0.4) is 0 Å². The Labute approximate surface area is 80.1 Å². The van der Waals surface area contributed by atoms with Gasteiger partial charge >= 0.3 is 12.1 Å². The predicted molar refractivity (Wildman–Crippen MR) is 45.0 cm³/mol. The molecule has 1 saturated heterocycles. The van der Waals surface area contributed by atoms with Gasteiger partial charge in [0, 0.05) is 6.42 Å². The normalized spacial score (nSPS) is 27.5. The van der Waals surface area contributed by atoms with Crippen molar-refractivity contribution in [3.05, 3.63) is 0 Å². The summed E-state index contributed by atoms with van der Waals surface area (Å²) >= 11 is 0. The van der Waals surface area contributed by atoms with Crippen LogP contribution in [0, 0.1) is 0 Å². The second-order valence-electron chi connectivity index (χ2n) is 3.49. The fourth-order valence-electron chi connectivity index (χ4n) is 1.45. The molecule has 14 heavy (non-hydrogen) atoms. The van der Waals surface area contributed by atoms with Gasteiger partial charge in [0.15, 0.2) is 5.78 Å². The van der Waals surface area contributed by atoms with Crippen molar-refractivity contribution in [2.24, 2.45) is 0 Å². The number of rotatable bonds is 1. The minimum Gasteiger partial charge on any atom is -0.480 e. The molecule has 1 atom stereocenters. The van der Waals surface area contributed by atoms with Crippen LogP contribution in [0.25, 0.3) is 0 Å². The van der Waals surface area contributed by atoms with E-state index in [1.54, 1.807) is 0 Å². The molecule has 0 bridgehead atoms. The zero-order valence-corrected chi connectivity index (χ0v) is 7.69. The predicted octanol–water partition coefficient (Wildman–Crippen LogP) is 0.173. The highest BCUT2D eigenvalue weighted by atomic mass is 16.4. The van der Waals surface area contributed by atoms with Crippen LogP contribution in [0.1, 0.15) is 19.8 Å². The summed E-state index contributed by atoms with van der Waals surface area (Å²) in [5.74, 6) is -1.46. The number of carboxylic acids is 1. The summed E-state index contributed by atoms with van der Waals surface area (Å²) in [6.45, 7) is 0.980. The molecule has 1 rings (SSSR count). The third-order valence-corrected chi connectivity index (χ3v) is 2.51. The lowest BCUT2D eigenvalue weighted by Gasteiger charge is -2.38. The zero-order chi connectivity index (χ0) is 10.9. The molecule has 6 heteroatoms. The van der Waals surface area contributed by atoms with Gasteiger partial charge in [-0.3, -0.25) is 9.69 Å². The molecule has 0 spiro atoms. The lowest BCUT2D eigenvalue weighted by Crippen LogP contribution is -2.59. The van der Waals surface area contributed by atoms with Crippen LogP contribution < -0.4 is 0 Å². The van der Waals surface area contributed by atoms with Gasteiger partial charge in [0.2, 0.25) is 0 Å². The average molecular weight is 201 g/mol. The number of amides is 1. The average Bonchev–Trinajstić information content (AvgIpc) is 2.08. The highest BCUT2D eigenvalue weighted by Crippen LogP contribution is 2.26. The van der Waals surface area contributed by atoms with Gasteiger partial charge < -0.3 is 10.2 Å². The summed E-state index contributed by atoms with van der Waals surface area (Å²) in [4.78, 5) is 33.3. The molecule has 1 fully saturated rings. The van der Waals surface area contributed by atoms with Crippen LogP contribution in [0.15, 0.2) is 0 Å². The molecule has 2 N–H and O–H groups in total. The van der Waals surface area contributed by atoms with E-state index >= 15 is 0 Å². The summed E-state index contributed by atoms with van der Waals surface area (Å²) < 4.78 is 0. The first-order valence-corrected chi connectivity index (χ1v) is 4.13. The van der Waals surface area contributed by atoms with Crippen molar-refractivity contribution >= 4 is 17.8 Å². The molecular weight excluding hydrogens is 190 g/mol. The standard InChI is InChI=1S/C8H11NO5/c1-8(6(11)12)3-2-5(10)4-9(8)7(13)14/h2-4H2,1H3,(H,11,12)(H,13,14)/t8-/m0/s1. The molecule has 0 aliphatic carbocycles. The monoisotopic (exact) mass is 201 g/mol. The van der Waals surface area contributed by atoms with Gasteiger partial charge in [-0.25, -0.2) is 9.59 Å². The number of likely N-dealkylation sites (tertiary alicyclic amines) is 1. The minimum atomic E-state index is -1.47. The van der Waals surface area contributed by atoms with Crippen LogP contribution in [0.5, 0.6) is 0 Å². The van der Waals surface area contributed by atoms with E-state index in [-0.39, 0.29) is 25.2 Å². The van der Waals surface area contributed by atoms with E-state index in [0.29, 0.717) is 4.90 Å². The quantitative estimate of drug-likeness (QED) is 0.630. The van der Waals surface area contributed by atoms with Crippen LogP contribution in [0.4, 0.5) is 4.79 Å². The second-order valence-corrected chi connectivity index (χ2v) is 3.49. The molecule has 1 aliphatic rings. The lowest BCUT2D eigenvalue weighted by atomic mass is 9.88. The SMILES string of the molecule is C[C@@]1(C(=O)O)CCC(=O)CN1C(=O)O. The van der Waals surface area contributed by atoms with E-state index in [0.717, 1.165) is 0 Å². The summed E-state index contributed by atoms with van der Waals surface area (Å²) in [5, 5.41) is 17.6. The van der Waals surface area contributed by atoms with Crippen LogP contribution in [-0.4, -0.2) is 45.0 Å². The Kier molecular flexibility index (Phi) is 2.46. The highest BCUT2D eigenvalue weighted by molar-refractivity contribution is 5.91. The first kappa shape index (κ1) is 10.5. The summed E-state index contributed by atoms with van der Waals surface area (Å²) in [6, 6.07) is 0. The topological polar surface area (TPSA) is 94.9 Å². The van der Waals surface area contributed by atoms with E-state index in [1.165, 1.54) is 6.92 Å². The van der Waals surface area contributed by atoms with Crippen LogP contribution in [-0.2, 0) is 9.59 Å². The molecular formula is C8H11NO5. The van der Waals surface area contributed by atoms with Gasteiger partial charge in [-0.05, 0) is 13.3 Å². The maximum absolute atomic E-state index is 11.0. The number of hydrogen-bond donors (Lipinski definition) is 2. The third kappa shape index (κ3) is 1.55. The van der Waals surface area contributed by atoms with Gasteiger partial charge in [0.1, 0.15) is 5.54 Å². The zero-order valence-electron chi connectivity index (χ0n) is 7.69. The summed E-state index contributed by atoms with van der Waals surface area (Å²) in [6.07, 6.45) is -1.22. The van der Waals surface area contributed by atoms with Crippen molar-refractivity contribution in [1.29, 1.82) is 0 Å². The lowest BCUT2D eigenvalue weighted by molar-refractivity contribution is -0.152. The van der Waals surface area contributed by atoms with Crippen molar-refractivity contribution in [3.63, 3.8) is 0 Å². The Morgan fingerprint density at radius 1 is 1.43 bits per heavy atom. The van der Waals surface area contributed by atoms with E-state index < -0.39 is 17.6 Å². The Bertz CT molecular complexity index is 300. The van der Waals surface area contributed by atoms with E-state index in [9.17, 15) is 14.4 Å². The molecule has 0 unspecified atom stereocenters. The van der Waals surface area contributed by atoms with E-state index in [2.05, 4.69) is 0 Å². The Hall–Kier alpha value is -1.59. The number of ketones is 1. The number of hydrogen-bond acceptors (Lipinski definition) is 3. The number of aliphatic carboxylic acids is 1. The number of nitrogens with zero attached hydrogens (tertiary/aromatic N) is 1. The highest BCUT2D eigenvalue weighted by Gasteiger charge is 2.46. The number of carbonyl (C=O) groups is 3. The van der Waals surface area contributed by atoms with Gasteiger partial charge in [-0.15, -0.1) is 0 Å². The fourth-order valence-corrected chi connectivity index (χ4v) is 1.45. The number of carbonyl (C=O) groups excluding carboxylic acids is 1. The van der Waals surface area contributed by atoms with Gasteiger partial charge in [-0.2, -0.15) is 0 Å². The van der Waals surface area contributed by atoms with Gasteiger partial charge in [-0.1, -0.05) is 0 Å². The number of piperidine rings is 1. The molecule has 0 aromatic rings. The maximum atomic E-state index is 11.0. The molecule has 0 aromatic carbocycles. The molecule has 0 aromatic heterocycles. The fraction of sp³-hybridized carbons (Fsp3) is 0.625. The largest absolute Gasteiger partial charge is 0.480 e. The molecule has 0 radical (unpaired) electrons. The molecule has 1 amide bonds. The van der Waals surface area contributed by atoms with Crippen molar-refractivity contribution < 1.29 is 24.6 Å². The van der Waals surface area contributed by atoms with Crippen molar-refractivity contribution in [2.75, 3.05) is 6.54 Å². The van der Waals surface area contributed by atoms with Gasteiger partial charge in [0.25, 0.3) is 0 Å². The Morgan fingerprint density at radius 2 is 2.00 bits per heavy atom. The first-order valence-electron chi connectivity index (χ1n) is 4.13. The summed E-state index contributed by atoms with van der Waals surface area (Å²) in [5.41, 5.74) is -1.47. The Balaban J connectivity index is 2.98. The molecule has 0 saturated carbocycles. The molecule has 78 valence electrons. The molecule has 1 heterocycles. The second kappa shape index (κ2) is 3.28. The Morgan fingerprint density at radius 3 is 2.43 bits per heavy atom. The first-order chi connectivity index (χ1) is 6.38. The van der Waals surface area contributed by atoms with Crippen molar-refractivity contribution in [1.82, 2.24) is 4.90 Å². The summed E-state index contributed by atoms with van der Waals surface area (Å²) in [7, 11) is 0.